The predicted octanol–water partition coefficient (Wildman–Crippen LogP) is 33.2. The number of nitrogens with zero attached hydrogens (tertiary/aromatic N) is 6. The Labute approximate surface area is 732 Å². The van der Waals surface area contributed by atoms with Crippen molar-refractivity contribution in [2.75, 3.05) is 50.5 Å². The Bertz CT molecular complexity index is 7210. The highest BCUT2D eigenvalue weighted by Crippen LogP contribution is 2.44. The van der Waals surface area contributed by atoms with E-state index in [1.807, 2.05) is 0 Å². The van der Waals surface area contributed by atoms with Gasteiger partial charge in [-0.2, -0.15) is 0 Å². The van der Waals surface area contributed by atoms with E-state index in [4.69, 9.17) is 0 Å². The molecule has 0 aliphatic rings. The highest BCUT2D eigenvalue weighted by molar-refractivity contribution is 5.98. The van der Waals surface area contributed by atoms with Crippen molar-refractivity contribution in [2.45, 2.75) is 0 Å². The zero-order valence-corrected chi connectivity index (χ0v) is 70.1. The number of fused-ring (bicyclic) bond motifs is 5. The second-order valence-corrected chi connectivity index (χ2v) is 31.5. The van der Waals surface area contributed by atoms with Gasteiger partial charge in [-0.05, 0) is 269 Å². The minimum atomic E-state index is 1.11. The zero-order chi connectivity index (χ0) is 84.2. The minimum Gasteiger partial charge on any atom is -0.345 e. The van der Waals surface area contributed by atoms with Crippen molar-refractivity contribution >= 4 is 139 Å². The fourth-order valence-corrected chi connectivity index (χ4v) is 16.9. The molecule has 6 heteroatoms. The number of hydrogen-bond donors (Lipinski definition) is 0. The standard InChI is InChI=1S/C41H32N2.2C39H30N2/c1-42(37-21-16-34(17-22-37)31-10-4-2-5-11-31)38-26-28-40(29-27-38)43(41-25-20-33-14-8-9-15-36(33)30-41)39-23-18-35(19-24-39)32-12-6-3-7-13-32;1-40(38-21-17-30-11-5-7-13-33(30)27-38)35-23-25-37(26-24-35)41(39-22-18-31-12-6-8-14-34(31)28-39)36-19-15-32(16-20-36)29-9-3-2-4-10-29;1-40(39-17-9-15-32-13-7-8-16-38(32)39)34-24-26-36(27-25-34)41(37-23-20-30-12-5-6-14-33(30)28-37)35-21-18-31(19-22-35)29-10-3-2-4-11-29/h2-30H,1H3;2*2-28H,1H3. The fourth-order valence-electron chi connectivity index (χ4n) is 16.9. The molecule has 0 saturated carbocycles. The van der Waals surface area contributed by atoms with Crippen molar-refractivity contribution in [3.8, 4) is 44.5 Å². The van der Waals surface area contributed by atoms with E-state index in [9.17, 15) is 0 Å². The molecule has 21 aromatic carbocycles. The van der Waals surface area contributed by atoms with Gasteiger partial charge in [0.1, 0.15) is 0 Å². The summed E-state index contributed by atoms with van der Waals surface area (Å²) >= 11 is 0. The van der Waals surface area contributed by atoms with Gasteiger partial charge in [0.25, 0.3) is 0 Å². The quantitative estimate of drug-likeness (QED) is 0.0798. The van der Waals surface area contributed by atoms with Crippen LogP contribution in [-0.4, -0.2) is 21.1 Å². The Kier molecular flexibility index (Phi) is 22.8. The summed E-state index contributed by atoms with van der Waals surface area (Å²) in [7, 11) is 6.39. The van der Waals surface area contributed by atoms with Crippen molar-refractivity contribution in [3.63, 3.8) is 0 Å². The van der Waals surface area contributed by atoms with Crippen LogP contribution in [0.5, 0.6) is 0 Å². The highest BCUT2D eigenvalue weighted by Gasteiger charge is 2.20. The fraction of sp³-hybridized carbons (Fsp3) is 0.0252. The summed E-state index contributed by atoms with van der Waals surface area (Å²) in [5, 5.41) is 12.4. The van der Waals surface area contributed by atoms with Gasteiger partial charge in [0, 0.05) is 112 Å². The normalized spacial score (nSPS) is 11.0. The third-order valence-corrected chi connectivity index (χ3v) is 23.8. The molecule has 21 rings (SSSR count). The number of anilines is 15. The number of rotatable bonds is 19. The number of hydrogen-bond acceptors (Lipinski definition) is 6. The van der Waals surface area contributed by atoms with E-state index < -0.39 is 0 Å². The zero-order valence-electron chi connectivity index (χ0n) is 70.1. The topological polar surface area (TPSA) is 19.4 Å². The Morgan fingerprint density at radius 3 is 0.616 bits per heavy atom. The van der Waals surface area contributed by atoms with Crippen LogP contribution in [0, 0.1) is 0 Å². The van der Waals surface area contributed by atoms with Crippen molar-refractivity contribution < 1.29 is 0 Å². The maximum absolute atomic E-state index is 2.34. The number of benzene rings is 21. The lowest BCUT2D eigenvalue weighted by atomic mass is 10.0. The lowest BCUT2D eigenvalue weighted by Crippen LogP contribution is -2.12. The molecule has 0 heterocycles. The largest absolute Gasteiger partial charge is 0.345 e. The first-order chi connectivity index (χ1) is 61.7. The van der Waals surface area contributed by atoms with Crippen LogP contribution < -0.4 is 29.4 Å². The predicted molar refractivity (Wildman–Crippen MR) is 536 cm³/mol. The second-order valence-electron chi connectivity index (χ2n) is 31.5. The van der Waals surface area contributed by atoms with E-state index in [1.165, 1.54) is 110 Å². The summed E-state index contributed by atoms with van der Waals surface area (Å²) in [6, 6.07) is 180. The molecule has 0 aliphatic heterocycles. The van der Waals surface area contributed by atoms with Gasteiger partial charge in [0.15, 0.2) is 0 Å². The molecule has 0 spiro atoms. The first kappa shape index (κ1) is 78.6. The molecule has 0 atom stereocenters. The van der Waals surface area contributed by atoms with E-state index in [-0.39, 0.29) is 0 Å². The van der Waals surface area contributed by atoms with Crippen LogP contribution in [0.15, 0.2) is 504 Å². The molecule has 0 fully saturated rings. The maximum Gasteiger partial charge on any atom is 0.0487 e. The molecule has 0 unspecified atom stereocenters. The van der Waals surface area contributed by atoms with E-state index in [0.717, 1.165) is 73.9 Å². The van der Waals surface area contributed by atoms with Gasteiger partial charge in [-0.15, -0.1) is 0 Å². The molecule has 598 valence electrons. The van der Waals surface area contributed by atoms with Crippen molar-refractivity contribution in [1.82, 2.24) is 0 Å². The van der Waals surface area contributed by atoms with Crippen LogP contribution in [0.3, 0.4) is 0 Å². The first-order valence-corrected chi connectivity index (χ1v) is 42.7. The van der Waals surface area contributed by atoms with Gasteiger partial charge in [-0.25, -0.2) is 0 Å². The molecule has 0 saturated heterocycles. The van der Waals surface area contributed by atoms with Crippen LogP contribution in [-0.2, 0) is 0 Å². The SMILES string of the molecule is CN(c1ccc(-c2ccccc2)cc1)c1ccc(N(c2ccc(-c3ccccc3)cc2)c2ccc3ccccc3c2)cc1.CN(c1ccc(N(c2ccc(-c3ccccc3)cc2)c2ccc3ccccc3c2)cc1)c1ccc2ccccc2c1.CN(c1ccc(N(c2ccc(-c3ccccc3)cc2)c2ccc3ccccc3c2)cc1)c1cccc2ccccc12. The molecule has 21 aromatic rings. The van der Waals surface area contributed by atoms with E-state index in [1.54, 1.807) is 0 Å². The molecular weight excluding hydrogens is 1510 g/mol. The molecule has 0 aromatic heterocycles. The molecular formula is C119H92N6. The Morgan fingerprint density at radius 1 is 0.120 bits per heavy atom. The van der Waals surface area contributed by atoms with Crippen LogP contribution in [0.25, 0.3) is 98.4 Å². The average Bonchev–Trinajstić information content (AvgIpc) is 0.786. The summed E-state index contributed by atoms with van der Waals surface area (Å²) in [5.74, 6) is 0. The van der Waals surface area contributed by atoms with Crippen LogP contribution >= 0.6 is 0 Å². The van der Waals surface area contributed by atoms with E-state index in [0.29, 0.717) is 0 Å². The average molecular weight is 1610 g/mol. The Hall–Kier alpha value is -16.3. The van der Waals surface area contributed by atoms with Crippen molar-refractivity contribution in [1.29, 1.82) is 0 Å². The van der Waals surface area contributed by atoms with Crippen molar-refractivity contribution in [2.24, 2.45) is 0 Å². The maximum atomic E-state index is 2.34. The van der Waals surface area contributed by atoms with Gasteiger partial charge < -0.3 is 29.4 Å². The minimum absolute atomic E-state index is 1.11. The Morgan fingerprint density at radius 2 is 0.312 bits per heavy atom. The smallest absolute Gasteiger partial charge is 0.0487 e. The summed E-state index contributed by atoms with van der Waals surface area (Å²) in [6.45, 7) is 0. The first-order valence-electron chi connectivity index (χ1n) is 42.7. The molecule has 0 N–H and O–H groups in total. The van der Waals surface area contributed by atoms with Crippen LogP contribution in [0.1, 0.15) is 0 Å². The molecule has 0 aliphatic carbocycles. The lowest BCUT2D eigenvalue weighted by molar-refractivity contribution is 1.20. The third kappa shape index (κ3) is 17.4. The van der Waals surface area contributed by atoms with Gasteiger partial charge >= 0.3 is 0 Å². The van der Waals surface area contributed by atoms with Gasteiger partial charge in [-0.3, -0.25) is 0 Å². The summed E-state index contributed by atoms with van der Waals surface area (Å²) in [6.07, 6.45) is 0. The van der Waals surface area contributed by atoms with Crippen LogP contribution in [0.4, 0.5) is 85.3 Å². The third-order valence-electron chi connectivity index (χ3n) is 23.8. The summed E-state index contributed by atoms with van der Waals surface area (Å²) in [4.78, 5) is 13.7. The van der Waals surface area contributed by atoms with Crippen LogP contribution in [0.2, 0.25) is 0 Å². The van der Waals surface area contributed by atoms with E-state index in [2.05, 4.69) is 554 Å². The van der Waals surface area contributed by atoms with Gasteiger partial charge in [0.05, 0.1) is 0 Å². The second kappa shape index (κ2) is 36.3. The molecule has 0 radical (unpaired) electrons. The van der Waals surface area contributed by atoms with E-state index >= 15 is 0 Å². The van der Waals surface area contributed by atoms with Crippen molar-refractivity contribution in [3.05, 3.63) is 504 Å². The monoisotopic (exact) mass is 1600 g/mol. The molecule has 6 nitrogen and oxygen atoms in total. The molecule has 0 bridgehead atoms. The summed E-state index contributed by atoms with van der Waals surface area (Å²) in [5.41, 5.74) is 26.7. The molecule has 0 amide bonds. The van der Waals surface area contributed by atoms with Gasteiger partial charge in [0.2, 0.25) is 0 Å². The summed E-state index contributed by atoms with van der Waals surface area (Å²) < 4.78 is 0. The highest BCUT2D eigenvalue weighted by atomic mass is 15.2. The molecule has 125 heavy (non-hydrogen) atoms. The lowest BCUT2D eigenvalue weighted by Gasteiger charge is -2.27. The van der Waals surface area contributed by atoms with Gasteiger partial charge in [-0.1, -0.05) is 328 Å². The Balaban J connectivity index is 0.000000123.